The zero-order chi connectivity index (χ0) is 22.1. The van der Waals surface area contributed by atoms with Gasteiger partial charge in [-0.1, -0.05) is 6.42 Å². The second-order valence-electron chi connectivity index (χ2n) is 9.34. The molecule has 2 aliphatic rings. The molecule has 168 valence electrons. The molecule has 32 heavy (non-hydrogen) atoms. The zero-order valence-corrected chi connectivity index (χ0v) is 18.6. The van der Waals surface area contributed by atoms with Gasteiger partial charge < -0.3 is 9.32 Å². The Morgan fingerprint density at radius 3 is 2.53 bits per heavy atom. The number of hydrogen-bond acceptors (Lipinski definition) is 5. The lowest BCUT2D eigenvalue weighted by molar-refractivity contribution is -0.123. The van der Waals surface area contributed by atoms with E-state index < -0.39 is 0 Å². The molecule has 1 saturated carbocycles. The maximum atomic E-state index is 14.6. The van der Waals surface area contributed by atoms with Crippen LogP contribution in [0.15, 0.2) is 35.0 Å². The molecular weight excluding hydrogens is 405 g/mol. The Hall–Kier alpha value is -2.60. The molecule has 0 radical (unpaired) electrons. The first kappa shape index (κ1) is 21.3. The van der Waals surface area contributed by atoms with Gasteiger partial charge in [0, 0.05) is 42.6 Å². The van der Waals surface area contributed by atoms with E-state index >= 15 is 0 Å². The van der Waals surface area contributed by atoms with Gasteiger partial charge in [0.25, 0.3) is 0 Å². The fourth-order valence-corrected chi connectivity index (χ4v) is 5.35. The number of ketones is 1. The van der Waals surface area contributed by atoms with Crippen LogP contribution in [-0.4, -0.2) is 39.8 Å². The van der Waals surface area contributed by atoms with E-state index in [2.05, 4.69) is 14.9 Å². The van der Waals surface area contributed by atoms with E-state index in [-0.39, 0.29) is 17.5 Å². The maximum Gasteiger partial charge on any atom is 0.191 e. The minimum atomic E-state index is -0.371. The summed E-state index contributed by atoms with van der Waals surface area (Å²) in [6.07, 6.45) is 11.7. The predicted octanol–water partition coefficient (Wildman–Crippen LogP) is 5.49. The largest absolute Gasteiger partial charge is 0.441 e. The van der Waals surface area contributed by atoms with Crippen LogP contribution in [0.2, 0.25) is 0 Å². The number of halogens is 1. The first-order valence-electron chi connectivity index (χ1n) is 11.8. The molecule has 0 unspecified atom stereocenters. The number of pyridine rings is 1. The summed E-state index contributed by atoms with van der Waals surface area (Å²) < 4.78 is 20.1. The number of rotatable bonds is 5. The molecule has 1 aliphatic heterocycles. The summed E-state index contributed by atoms with van der Waals surface area (Å²) in [5.74, 6) is 0.943. The van der Waals surface area contributed by atoms with Gasteiger partial charge in [-0.25, -0.2) is 9.37 Å². The number of carbonyl (C=O) groups excluding carboxylic acids is 1. The van der Waals surface area contributed by atoms with Crippen molar-refractivity contribution < 1.29 is 13.6 Å². The lowest BCUT2D eigenvalue weighted by Gasteiger charge is -2.38. The highest BCUT2D eigenvalue weighted by molar-refractivity contribution is 5.88. The van der Waals surface area contributed by atoms with Crippen LogP contribution in [0.5, 0.6) is 0 Å². The molecule has 0 N–H and O–H groups in total. The molecule has 0 amide bonds. The standard InChI is InChI=1S/C26H30FN3O2/c1-17-28-16-26(32-17)23-12-19-11-21(29-15-20(19)13-24(23)27)14-25(31)18-5-7-22(8-6-18)30-9-3-2-4-10-30/h11-13,15-16,18,22H,2-10,14H2,1H3. The van der Waals surface area contributed by atoms with Crippen molar-refractivity contribution in [2.45, 2.75) is 64.3 Å². The molecule has 2 fully saturated rings. The van der Waals surface area contributed by atoms with Gasteiger partial charge in [-0.2, -0.15) is 0 Å². The number of oxazole rings is 1. The van der Waals surface area contributed by atoms with Gasteiger partial charge in [0.1, 0.15) is 11.6 Å². The Morgan fingerprint density at radius 1 is 1.03 bits per heavy atom. The lowest BCUT2D eigenvalue weighted by Crippen LogP contribution is -2.42. The fourth-order valence-electron chi connectivity index (χ4n) is 5.35. The molecular formula is C26H30FN3O2. The van der Waals surface area contributed by atoms with Crippen LogP contribution in [-0.2, 0) is 11.2 Å². The number of hydrogen-bond donors (Lipinski definition) is 0. The highest BCUT2D eigenvalue weighted by atomic mass is 19.1. The first-order valence-corrected chi connectivity index (χ1v) is 11.8. The molecule has 6 heteroatoms. The lowest BCUT2D eigenvalue weighted by atomic mass is 9.81. The number of likely N-dealkylation sites (tertiary alicyclic amines) is 1. The molecule has 5 nitrogen and oxygen atoms in total. The minimum Gasteiger partial charge on any atom is -0.441 e. The van der Waals surface area contributed by atoms with Crippen molar-refractivity contribution in [3.05, 3.63) is 48.0 Å². The topological polar surface area (TPSA) is 59.2 Å². The molecule has 1 aliphatic carbocycles. The summed E-state index contributed by atoms with van der Waals surface area (Å²) in [6, 6.07) is 5.78. The second kappa shape index (κ2) is 9.10. The number of aromatic nitrogens is 2. The third kappa shape index (κ3) is 4.46. The average molecular weight is 436 g/mol. The summed E-state index contributed by atoms with van der Waals surface area (Å²) in [4.78, 5) is 24.1. The van der Waals surface area contributed by atoms with Crippen molar-refractivity contribution in [2.24, 2.45) is 5.92 Å². The zero-order valence-electron chi connectivity index (χ0n) is 18.6. The van der Waals surface area contributed by atoms with Crippen molar-refractivity contribution in [1.82, 2.24) is 14.9 Å². The van der Waals surface area contributed by atoms with E-state index in [1.165, 1.54) is 44.6 Å². The molecule has 3 heterocycles. The van der Waals surface area contributed by atoms with Crippen molar-refractivity contribution >= 4 is 16.6 Å². The van der Waals surface area contributed by atoms with Crippen LogP contribution in [0, 0.1) is 18.7 Å². The van der Waals surface area contributed by atoms with E-state index in [4.69, 9.17) is 4.42 Å². The van der Waals surface area contributed by atoms with Crippen LogP contribution in [0.1, 0.15) is 56.5 Å². The predicted molar refractivity (Wildman–Crippen MR) is 122 cm³/mol. The molecule has 3 aromatic rings. The smallest absolute Gasteiger partial charge is 0.191 e. The van der Waals surface area contributed by atoms with Crippen LogP contribution in [0.25, 0.3) is 22.1 Å². The quantitative estimate of drug-likeness (QED) is 0.530. The van der Waals surface area contributed by atoms with Crippen molar-refractivity contribution in [2.75, 3.05) is 13.1 Å². The van der Waals surface area contributed by atoms with Crippen LogP contribution in [0.3, 0.4) is 0 Å². The average Bonchev–Trinajstić information content (AvgIpc) is 3.25. The Bertz CT molecular complexity index is 1110. The van der Waals surface area contributed by atoms with Gasteiger partial charge in [0.2, 0.25) is 0 Å². The number of aryl methyl sites for hydroxylation is 1. The van der Waals surface area contributed by atoms with E-state index in [0.29, 0.717) is 35.1 Å². The van der Waals surface area contributed by atoms with Gasteiger partial charge in [-0.15, -0.1) is 0 Å². The van der Waals surface area contributed by atoms with Crippen LogP contribution in [0.4, 0.5) is 4.39 Å². The van der Waals surface area contributed by atoms with Crippen LogP contribution < -0.4 is 0 Å². The molecule has 1 saturated heterocycles. The van der Waals surface area contributed by atoms with Crippen LogP contribution >= 0.6 is 0 Å². The minimum absolute atomic E-state index is 0.134. The number of carbonyl (C=O) groups is 1. The molecule has 0 spiro atoms. The molecule has 2 aromatic heterocycles. The van der Waals surface area contributed by atoms with Gasteiger partial charge >= 0.3 is 0 Å². The number of piperidine rings is 1. The number of benzene rings is 1. The Morgan fingerprint density at radius 2 is 1.81 bits per heavy atom. The number of Topliss-reactive ketones (excluding diaryl/α,β-unsaturated/α-hetero) is 1. The van der Waals surface area contributed by atoms with Gasteiger partial charge in [-0.3, -0.25) is 9.78 Å². The summed E-state index contributed by atoms with van der Waals surface area (Å²) in [5.41, 5.74) is 1.12. The molecule has 1 aromatic carbocycles. The number of nitrogens with zero attached hydrogens (tertiary/aromatic N) is 3. The monoisotopic (exact) mass is 435 g/mol. The third-order valence-electron chi connectivity index (χ3n) is 7.17. The molecule has 0 atom stereocenters. The normalized spacial score (nSPS) is 22.3. The van der Waals surface area contributed by atoms with E-state index in [9.17, 15) is 9.18 Å². The van der Waals surface area contributed by atoms with Gasteiger partial charge in [-0.05, 0) is 75.2 Å². The van der Waals surface area contributed by atoms with Gasteiger partial charge in [0.15, 0.2) is 11.7 Å². The van der Waals surface area contributed by atoms with Crippen molar-refractivity contribution in [3.8, 4) is 11.3 Å². The molecule has 5 rings (SSSR count). The van der Waals surface area contributed by atoms with E-state index in [0.717, 1.165) is 36.8 Å². The number of fused-ring (bicyclic) bond motifs is 1. The summed E-state index contributed by atoms with van der Waals surface area (Å²) >= 11 is 0. The summed E-state index contributed by atoms with van der Waals surface area (Å²) in [6.45, 7) is 4.18. The highest BCUT2D eigenvalue weighted by Crippen LogP contribution is 2.31. The first-order chi connectivity index (χ1) is 15.6. The Kier molecular flexibility index (Phi) is 6.05. The molecule has 0 bridgehead atoms. The SMILES string of the molecule is Cc1ncc(-c2cc3cc(CC(=O)C4CCC(N5CCCCC5)CC4)ncc3cc2F)o1. The van der Waals surface area contributed by atoms with E-state index in [1.807, 2.05) is 6.07 Å². The fraction of sp³-hybridized carbons (Fsp3) is 0.500. The van der Waals surface area contributed by atoms with E-state index in [1.54, 1.807) is 19.2 Å². The Labute approximate surface area is 188 Å². The second-order valence-corrected chi connectivity index (χ2v) is 9.34. The van der Waals surface area contributed by atoms with Crippen molar-refractivity contribution in [3.63, 3.8) is 0 Å². The third-order valence-corrected chi connectivity index (χ3v) is 7.17. The van der Waals surface area contributed by atoms with Crippen molar-refractivity contribution in [1.29, 1.82) is 0 Å². The summed E-state index contributed by atoms with van der Waals surface area (Å²) in [5, 5.41) is 1.56. The Balaban J connectivity index is 1.26. The highest BCUT2D eigenvalue weighted by Gasteiger charge is 2.30. The maximum absolute atomic E-state index is 14.6. The summed E-state index contributed by atoms with van der Waals surface area (Å²) in [7, 11) is 0. The van der Waals surface area contributed by atoms with Gasteiger partial charge in [0.05, 0.1) is 11.8 Å².